The first kappa shape index (κ1) is 24.1. The van der Waals surface area contributed by atoms with Crippen molar-refractivity contribution in [1.29, 1.82) is 0 Å². The largest absolute Gasteiger partial charge is 0.493 e. The molecule has 11 heteroatoms. The minimum atomic E-state index is -0.500. The van der Waals surface area contributed by atoms with Gasteiger partial charge in [0.15, 0.2) is 17.2 Å². The summed E-state index contributed by atoms with van der Waals surface area (Å²) in [5, 5.41) is 20.8. The first-order chi connectivity index (χ1) is 15.5. The van der Waals surface area contributed by atoms with Gasteiger partial charge in [-0.1, -0.05) is 0 Å². The van der Waals surface area contributed by atoms with E-state index in [-0.39, 0.29) is 40.2 Å². The Morgan fingerprint density at radius 2 is 1.56 bits per heavy atom. The molecule has 2 aromatic carbocycles. The van der Waals surface area contributed by atoms with Crippen molar-refractivity contribution in [2.24, 2.45) is 0 Å². The number of benzene rings is 2. The lowest BCUT2D eigenvalue weighted by molar-refractivity contribution is -0.386. The molecule has 0 spiro atoms. The van der Waals surface area contributed by atoms with Crippen LogP contribution in [0.4, 0.5) is 5.69 Å². The van der Waals surface area contributed by atoms with Crippen LogP contribution >= 0.6 is 23.5 Å². The van der Waals surface area contributed by atoms with Crippen LogP contribution in [0.2, 0.25) is 0 Å². The molecule has 32 heavy (non-hydrogen) atoms. The molecule has 0 amide bonds. The molecule has 1 aliphatic heterocycles. The highest BCUT2D eigenvalue weighted by Crippen LogP contribution is 2.58. The van der Waals surface area contributed by atoms with Gasteiger partial charge in [-0.3, -0.25) is 10.1 Å². The SMILES string of the molecule is COc1cc(C2CSC(c3cc(OC)c(OCCO)c([N+](=O)[O-])c3)S2)cc(OC)c1OC. The lowest BCUT2D eigenvalue weighted by atomic mass is 10.1. The monoisotopic (exact) mass is 483 g/mol. The lowest BCUT2D eigenvalue weighted by Crippen LogP contribution is -2.06. The Morgan fingerprint density at radius 3 is 2.09 bits per heavy atom. The van der Waals surface area contributed by atoms with Crippen LogP contribution in [0.5, 0.6) is 28.7 Å². The van der Waals surface area contributed by atoms with E-state index in [9.17, 15) is 10.1 Å². The fourth-order valence-corrected chi connectivity index (χ4v) is 6.62. The number of ether oxygens (including phenoxy) is 5. The third-order valence-electron chi connectivity index (χ3n) is 4.83. The van der Waals surface area contributed by atoms with E-state index in [1.807, 2.05) is 12.1 Å². The second-order valence-corrected chi connectivity index (χ2v) is 9.40. The predicted octanol–water partition coefficient (Wildman–Crippen LogP) is 4.22. The number of aliphatic hydroxyl groups excluding tert-OH is 1. The van der Waals surface area contributed by atoms with Crippen LogP contribution in [0.3, 0.4) is 0 Å². The van der Waals surface area contributed by atoms with Crippen molar-refractivity contribution in [1.82, 2.24) is 0 Å². The summed E-state index contributed by atoms with van der Waals surface area (Å²) in [5.41, 5.74) is 1.59. The molecule has 1 aliphatic rings. The number of hydrogen-bond donors (Lipinski definition) is 1. The highest BCUT2D eigenvalue weighted by atomic mass is 32.2. The Morgan fingerprint density at radius 1 is 0.969 bits per heavy atom. The summed E-state index contributed by atoms with van der Waals surface area (Å²) in [4.78, 5) is 11.2. The van der Waals surface area contributed by atoms with Crippen molar-refractivity contribution >= 4 is 29.2 Å². The molecule has 0 saturated carbocycles. The van der Waals surface area contributed by atoms with Crippen LogP contribution < -0.4 is 23.7 Å². The number of nitro groups is 1. The summed E-state index contributed by atoms with van der Waals surface area (Å²) in [6.07, 6.45) is 0. The zero-order valence-corrected chi connectivity index (χ0v) is 19.8. The Kier molecular flexibility index (Phi) is 8.21. The number of nitrogens with zero attached hydrogens (tertiary/aromatic N) is 1. The molecule has 2 atom stereocenters. The molecule has 3 rings (SSSR count). The summed E-state index contributed by atoms with van der Waals surface area (Å²) >= 11 is 3.37. The Hall–Kier alpha value is -2.50. The van der Waals surface area contributed by atoms with Crippen molar-refractivity contribution in [3.63, 3.8) is 0 Å². The van der Waals surface area contributed by atoms with Crippen LogP contribution in [-0.2, 0) is 0 Å². The predicted molar refractivity (Wildman–Crippen MR) is 124 cm³/mol. The second-order valence-electron chi connectivity index (χ2n) is 6.65. The maximum Gasteiger partial charge on any atom is 0.315 e. The fraction of sp³-hybridized carbons (Fsp3) is 0.429. The molecule has 0 aliphatic carbocycles. The van der Waals surface area contributed by atoms with Crippen molar-refractivity contribution in [2.75, 3.05) is 47.4 Å². The average molecular weight is 484 g/mol. The van der Waals surface area contributed by atoms with Crippen molar-refractivity contribution in [3.8, 4) is 28.7 Å². The van der Waals surface area contributed by atoms with E-state index in [0.29, 0.717) is 17.2 Å². The van der Waals surface area contributed by atoms with Gasteiger partial charge in [-0.15, -0.1) is 23.5 Å². The first-order valence-electron chi connectivity index (χ1n) is 9.64. The van der Waals surface area contributed by atoms with Gasteiger partial charge in [-0.25, -0.2) is 0 Å². The van der Waals surface area contributed by atoms with E-state index in [1.54, 1.807) is 50.9 Å². The van der Waals surface area contributed by atoms with Gasteiger partial charge in [0.05, 0.1) is 44.6 Å². The normalized spacial score (nSPS) is 17.7. The summed E-state index contributed by atoms with van der Waals surface area (Å²) < 4.78 is 27.0. The second kappa shape index (κ2) is 10.9. The van der Waals surface area contributed by atoms with Crippen molar-refractivity contribution in [2.45, 2.75) is 9.83 Å². The summed E-state index contributed by atoms with van der Waals surface area (Å²) in [6, 6.07) is 7.12. The molecule has 0 aromatic heterocycles. The summed E-state index contributed by atoms with van der Waals surface area (Å²) in [6.45, 7) is -0.320. The maximum atomic E-state index is 11.7. The molecule has 9 nitrogen and oxygen atoms in total. The van der Waals surface area contributed by atoms with Crippen LogP contribution in [-0.4, -0.2) is 57.4 Å². The van der Waals surface area contributed by atoms with Crippen LogP contribution in [0.15, 0.2) is 24.3 Å². The molecular formula is C21H25NO8S2. The standard InChI is InChI=1S/C21H25NO8S2/c1-26-15-10-13(7-14(22(24)25)19(15)30-6-5-23)21-31-11-18(32-21)12-8-16(27-2)20(29-4)17(9-12)28-3/h7-10,18,21,23H,5-6,11H2,1-4H3. The highest BCUT2D eigenvalue weighted by molar-refractivity contribution is 8.19. The molecule has 0 bridgehead atoms. The Balaban J connectivity index is 1.91. The molecule has 1 N–H and O–H groups in total. The fourth-order valence-electron chi connectivity index (χ4n) is 3.36. The number of methoxy groups -OCH3 is 4. The molecule has 2 unspecified atom stereocenters. The van der Waals surface area contributed by atoms with Crippen LogP contribution in [0.1, 0.15) is 21.0 Å². The quantitative estimate of drug-likeness (QED) is 0.390. The van der Waals surface area contributed by atoms with Crippen LogP contribution in [0, 0.1) is 10.1 Å². The highest BCUT2D eigenvalue weighted by Gasteiger charge is 2.33. The zero-order valence-electron chi connectivity index (χ0n) is 18.2. The van der Waals surface area contributed by atoms with E-state index in [1.165, 1.54) is 13.2 Å². The molecule has 0 radical (unpaired) electrons. The van der Waals surface area contributed by atoms with Gasteiger partial charge in [-0.05, 0) is 29.3 Å². The van der Waals surface area contributed by atoms with Gasteiger partial charge in [0.25, 0.3) is 0 Å². The van der Waals surface area contributed by atoms with Gasteiger partial charge in [0, 0.05) is 17.1 Å². The van der Waals surface area contributed by atoms with Gasteiger partial charge in [0.2, 0.25) is 11.5 Å². The third kappa shape index (κ3) is 4.94. The molecular weight excluding hydrogens is 458 g/mol. The van der Waals surface area contributed by atoms with Gasteiger partial charge >= 0.3 is 5.69 Å². The maximum absolute atomic E-state index is 11.7. The van der Waals surface area contributed by atoms with E-state index < -0.39 is 4.92 Å². The molecule has 174 valence electrons. The number of nitro benzene ring substituents is 1. The first-order valence-corrected chi connectivity index (χ1v) is 11.6. The van der Waals surface area contributed by atoms with E-state index >= 15 is 0 Å². The zero-order chi connectivity index (χ0) is 23.3. The van der Waals surface area contributed by atoms with Crippen molar-refractivity contribution in [3.05, 3.63) is 45.5 Å². The van der Waals surface area contributed by atoms with E-state index in [0.717, 1.165) is 16.9 Å². The number of thioether (sulfide) groups is 2. The van der Waals surface area contributed by atoms with Crippen molar-refractivity contribution < 1.29 is 33.7 Å². The summed E-state index contributed by atoms with van der Waals surface area (Å²) in [7, 11) is 6.14. The van der Waals surface area contributed by atoms with Crippen LogP contribution in [0.25, 0.3) is 0 Å². The van der Waals surface area contributed by atoms with Gasteiger partial charge in [-0.2, -0.15) is 0 Å². The minimum Gasteiger partial charge on any atom is -0.493 e. The molecule has 2 aromatic rings. The van der Waals surface area contributed by atoms with E-state index in [4.69, 9.17) is 28.8 Å². The van der Waals surface area contributed by atoms with Gasteiger partial charge < -0.3 is 28.8 Å². The molecule has 1 saturated heterocycles. The summed E-state index contributed by atoms with van der Waals surface area (Å²) in [5.74, 6) is 2.78. The smallest absolute Gasteiger partial charge is 0.315 e. The number of rotatable bonds is 10. The number of hydrogen-bond acceptors (Lipinski definition) is 10. The number of aliphatic hydroxyl groups is 1. The Bertz CT molecular complexity index is 946. The van der Waals surface area contributed by atoms with Gasteiger partial charge in [0.1, 0.15) is 6.61 Å². The van der Waals surface area contributed by atoms with E-state index in [2.05, 4.69) is 0 Å². The lowest BCUT2D eigenvalue weighted by Gasteiger charge is -2.17. The minimum absolute atomic E-state index is 0.0180. The third-order valence-corrected chi connectivity index (χ3v) is 8.17. The molecule has 1 fully saturated rings. The Labute approximate surface area is 194 Å². The topological polar surface area (TPSA) is 110 Å². The molecule has 1 heterocycles. The average Bonchev–Trinajstić information content (AvgIpc) is 3.31.